The van der Waals surface area contributed by atoms with Crippen LogP contribution in [0.1, 0.15) is 23.4 Å². The first-order chi connectivity index (χ1) is 11.5. The summed E-state index contributed by atoms with van der Waals surface area (Å²) in [7, 11) is 0. The fourth-order valence-corrected chi connectivity index (χ4v) is 2.96. The van der Waals surface area contributed by atoms with Gasteiger partial charge in [-0.15, -0.1) is 10.2 Å². The van der Waals surface area contributed by atoms with Gasteiger partial charge in [0.1, 0.15) is 10.8 Å². The second-order valence-corrected chi connectivity index (χ2v) is 6.62. The molecule has 1 atom stereocenters. The molecule has 0 aliphatic rings. The molecule has 0 bridgehead atoms. The van der Waals surface area contributed by atoms with Crippen molar-refractivity contribution in [2.45, 2.75) is 19.8 Å². The third kappa shape index (κ3) is 3.49. The predicted octanol–water partition coefficient (Wildman–Crippen LogP) is 4.39. The number of benzene rings is 2. The van der Waals surface area contributed by atoms with Crippen LogP contribution in [0.5, 0.6) is 0 Å². The van der Waals surface area contributed by atoms with Crippen LogP contribution < -0.4 is 5.32 Å². The number of hydrogen-bond acceptors (Lipinski definition) is 4. The van der Waals surface area contributed by atoms with Crippen molar-refractivity contribution in [1.82, 2.24) is 10.2 Å². The van der Waals surface area contributed by atoms with Gasteiger partial charge < -0.3 is 5.32 Å². The summed E-state index contributed by atoms with van der Waals surface area (Å²) in [5.41, 5.74) is 1.95. The van der Waals surface area contributed by atoms with Crippen molar-refractivity contribution < 1.29 is 9.18 Å². The van der Waals surface area contributed by atoms with Crippen LogP contribution in [0.15, 0.2) is 48.5 Å². The van der Waals surface area contributed by atoms with Gasteiger partial charge in [0.25, 0.3) is 0 Å². The van der Waals surface area contributed by atoms with Gasteiger partial charge in [0, 0.05) is 5.56 Å². The fraction of sp³-hybridized carbons (Fsp3) is 0.167. The molecule has 0 aliphatic heterocycles. The third-order valence-corrected chi connectivity index (χ3v) is 4.48. The average molecular weight is 341 g/mol. The molecule has 6 heteroatoms. The Hall–Kier alpha value is -2.60. The summed E-state index contributed by atoms with van der Waals surface area (Å²) >= 11 is 1.30. The summed E-state index contributed by atoms with van der Waals surface area (Å²) in [5.74, 6) is -1.07. The van der Waals surface area contributed by atoms with Gasteiger partial charge in [0.15, 0.2) is 0 Å². The smallest absolute Gasteiger partial charge is 0.233 e. The zero-order chi connectivity index (χ0) is 17.1. The van der Waals surface area contributed by atoms with E-state index in [0.29, 0.717) is 16.3 Å². The van der Waals surface area contributed by atoms with Gasteiger partial charge in [0.2, 0.25) is 11.0 Å². The Morgan fingerprint density at radius 3 is 2.54 bits per heavy atom. The molecule has 0 aliphatic carbocycles. The highest BCUT2D eigenvalue weighted by atomic mass is 32.1. The van der Waals surface area contributed by atoms with Crippen molar-refractivity contribution in [3.8, 4) is 11.1 Å². The van der Waals surface area contributed by atoms with Crippen LogP contribution in [0.25, 0.3) is 11.1 Å². The maximum absolute atomic E-state index is 14.4. The maximum atomic E-state index is 14.4. The molecule has 0 fully saturated rings. The molecule has 24 heavy (non-hydrogen) atoms. The molecule has 3 rings (SSSR count). The van der Waals surface area contributed by atoms with Crippen LogP contribution in [0.3, 0.4) is 0 Å². The number of rotatable bonds is 4. The second-order valence-electron chi connectivity index (χ2n) is 5.44. The van der Waals surface area contributed by atoms with Crippen LogP contribution in [0.4, 0.5) is 9.52 Å². The molecular weight excluding hydrogens is 325 g/mol. The molecule has 1 aromatic heterocycles. The lowest BCUT2D eigenvalue weighted by Gasteiger charge is -2.12. The minimum absolute atomic E-state index is 0.238. The highest BCUT2D eigenvalue weighted by Gasteiger charge is 2.18. The summed E-state index contributed by atoms with van der Waals surface area (Å²) in [6.07, 6.45) is 0. The lowest BCUT2D eigenvalue weighted by Crippen LogP contribution is -2.19. The first-order valence-electron chi connectivity index (χ1n) is 7.50. The van der Waals surface area contributed by atoms with Crippen molar-refractivity contribution in [2.75, 3.05) is 5.32 Å². The Morgan fingerprint density at radius 1 is 1.17 bits per heavy atom. The van der Waals surface area contributed by atoms with Gasteiger partial charge in [-0.05, 0) is 31.0 Å². The van der Waals surface area contributed by atoms with Crippen molar-refractivity contribution in [2.24, 2.45) is 0 Å². The Morgan fingerprint density at radius 2 is 1.92 bits per heavy atom. The van der Waals surface area contributed by atoms with Crippen LogP contribution in [-0.2, 0) is 4.79 Å². The number of aromatic nitrogens is 2. The monoisotopic (exact) mass is 341 g/mol. The molecule has 0 radical (unpaired) electrons. The van der Waals surface area contributed by atoms with E-state index in [-0.39, 0.29) is 11.7 Å². The largest absolute Gasteiger partial charge is 0.300 e. The standard InChI is InChI=1S/C18H16FN3OS/c1-11(17(23)20-18-22-21-12(2)24-18)14-8-9-15(16(19)10-14)13-6-4-3-5-7-13/h3-11H,1-2H3,(H,20,22,23). The van der Waals surface area contributed by atoms with Gasteiger partial charge in [-0.25, -0.2) is 4.39 Å². The van der Waals surface area contributed by atoms with E-state index in [4.69, 9.17) is 0 Å². The number of carbonyl (C=O) groups excluding carboxylic acids is 1. The van der Waals surface area contributed by atoms with Gasteiger partial charge in [-0.1, -0.05) is 53.8 Å². The van der Waals surface area contributed by atoms with E-state index >= 15 is 0 Å². The Labute approximate surface area is 143 Å². The maximum Gasteiger partial charge on any atom is 0.233 e. The van der Waals surface area contributed by atoms with E-state index in [0.717, 1.165) is 10.6 Å². The summed E-state index contributed by atoms with van der Waals surface area (Å²) in [6.45, 7) is 3.55. The predicted molar refractivity (Wildman–Crippen MR) is 93.5 cm³/mol. The Bertz CT molecular complexity index is 864. The van der Waals surface area contributed by atoms with E-state index < -0.39 is 5.92 Å². The molecule has 2 aromatic carbocycles. The molecule has 0 saturated heterocycles. The lowest BCUT2D eigenvalue weighted by molar-refractivity contribution is -0.117. The zero-order valence-corrected chi connectivity index (χ0v) is 14.1. The molecule has 4 nitrogen and oxygen atoms in total. The van der Waals surface area contributed by atoms with Gasteiger partial charge >= 0.3 is 0 Å². The number of carbonyl (C=O) groups is 1. The van der Waals surface area contributed by atoms with Crippen LogP contribution >= 0.6 is 11.3 Å². The molecule has 3 aromatic rings. The highest BCUT2D eigenvalue weighted by Crippen LogP contribution is 2.27. The Balaban J connectivity index is 1.79. The summed E-state index contributed by atoms with van der Waals surface area (Å²) < 4.78 is 14.4. The topological polar surface area (TPSA) is 54.9 Å². The lowest BCUT2D eigenvalue weighted by atomic mass is 9.96. The fourth-order valence-electron chi connectivity index (χ4n) is 2.36. The van der Waals surface area contributed by atoms with Gasteiger partial charge in [0.05, 0.1) is 5.92 Å². The average Bonchev–Trinajstić information content (AvgIpc) is 2.99. The van der Waals surface area contributed by atoms with Crippen molar-refractivity contribution in [1.29, 1.82) is 0 Å². The third-order valence-electron chi connectivity index (χ3n) is 3.73. The minimum Gasteiger partial charge on any atom is -0.300 e. The molecule has 122 valence electrons. The van der Waals surface area contributed by atoms with Crippen LogP contribution in [-0.4, -0.2) is 16.1 Å². The molecule has 0 spiro atoms. The minimum atomic E-state index is -0.492. The summed E-state index contributed by atoms with van der Waals surface area (Å²) in [4.78, 5) is 12.3. The number of nitrogens with one attached hydrogen (secondary N) is 1. The SMILES string of the molecule is Cc1nnc(NC(=O)C(C)c2ccc(-c3ccccc3)c(F)c2)s1. The number of amides is 1. The molecular formula is C18H16FN3OS. The molecule has 1 unspecified atom stereocenters. The second kappa shape index (κ2) is 6.88. The number of aryl methyl sites for hydroxylation is 1. The van der Waals surface area contributed by atoms with E-state index in [1.54, 1.807) is 19.1 Å². The molecule has 1 amide bonds. The van der Waals surface area contributed by atoms with Gasteiger partial charge in [-0.2, -0.15) is 0 Å². The van der Waals surface area contributed by atoms with Crippen LogP contribution in [0, 0.1) is 12.7 Å². The summed E-state index contributed by atoms with van der Waals surface area (Å²) in [6, 6.07) is 14.2. The number of hydrogen-bond donors (Lipinski definition) is 1. The van der Waals surface area contributed by atoms with Crippen molar-refractivity contribution in [3.63, 3.8) is 0 Å². The first-order valence-corrected chi connectivity index (χ1v) is 8.32. The van der Waals surface area contributed by atoms with E-state index in [1.807, 2.05) is 37.3 Å². The first kappa shape index (κ1) is 16.3. The van der Waals surface area contributed by atoms with Crippen LogP contribution in [0.2, 0.25) is 0 Å². The number of halogens is 1. The number of nitrogens with zero attached hydrogens (tertiary/aromatic N) is 2. The van der Waals surface area contributed by atoms with Gasteiger partial charge in [-0.3, -0.25) is 4.79 Å². The zero-order valence-electron chi connectivity index (χ0n) is 13.3. The Kier molecular flexibility index (Phi) is 4.66. The van der Waals surface area contributed by atoms with Crippen molar-refractivity contribution in [3.05, 3.63) is 64.9 Å². The van der Waals surface area contributed by atoms with E-state index in [2.05, 4.69) is 15.5 Å². The quantitative estimate of drug-likeness (QED) is 0.765. The molecule has 1 N–H and O–H groups in total. The number of anilines is 1. The highest BCUT2D eigenvalue weighted by molar-refractivity contribution is 7.15. The molecule has 1 heterocycles. The van der Waals surface area contributed by atoms with E-state index in [9.17, 15) is 9.18 Å². The summed E-state index contributed by atoms with van der Waals surface area (Å²) in [5, 5.41) is 11.7. The molecule has 0 saturated carbocycles. The van der Waals surface area contributed by atoms with E-state index in [1.165, 1.54) is 17.4 Å². The van der Waals surface area contributed by atoms with Crippen molar-refractivity contribution >= 4 is 22.4 Å². The normalized spacial score (nSPS) is 12.0.